The van der Waals surface area contributed by atoms with Gasteiger partial charge in [-0.05, 0) is 18.0 Å². The topological polar surface area (TPSA) is 75.9 Å². The smallest absolute Gasteiger partial charge is 0.268 e. The predicted octanol–water partition coefficient (Wildman–Crippen LogP) is 1.04. The Bertz CT molecular complexity index is 642. The number of carbonyl (C=O) groups excluding carboxylic acids is 1. The summed E-state index contributed by atoms with van der Waals surface area (Å²) >= 11 is 1.18. The third-order valence-corrected chi connectivity index (χ3v) is 4.50. The van der Waals surface area contributed by atoms with Crippen molar-refractivity contribution in [2.75, 3.05) is 19.6 Å². The first kappa shape index (κ1) is 16.9. The first-order valence-corrected chi connectivity index (χ1v) is 7.79. The number of nitrogens with one attached hydrogen (secondary N) is 1. The van der Waals surface area contributed by atoms with Crippen molar-refractivity contribution in [1.29, 1.82) is 0 Å². The SMILES string of the molecule is CCc1nnsc1C(=O)N1CCNCC1c1nccn1C.Cl. The maximum absolute atomic E-state index is 12.8. The molecule has 1 aliphatic heterocycles. The third kappa shape index (κ3) is 2.99. The molecule has 0 saturated carbocycles. The molecule has 3 heterocycles. The fourth-order valence-corrected chi connectivity index (χ4v) is 3.32. The fourth-order valence-electron chi connectivity index (χ4n) is 2.61. The van der Waals surface area contributed by atoms with Gasteiger partial charge in [0.15, 0.2) is 0 Å². The summed E-state index contributed by atoms with van der Waals surface area (Å²) in [6.45, 7) is 4.16. The molecule has 1 unspecified atom stereocenters. The van der Waals surface area contributed by atoms with Crippen molar-refractivity contribution in [2.45, 2.75) is 19.4 Å². The summed E-state index contributed by atoms with van der Waals surface area (Å²) in [4.78, 5) is 19.8. The second-order valence-electron chi connectivity index (χ2n) is 5.02. The van der Waals surface area contributed by atoms with E-state index < -0.39 is 0 Å². The van der Waals surface area contributed by atoms with Gasteiger partial charge in [0, 0.05) is 39.1 Å². The Hall–Kier alpha value is -1.51. The van der Waals surface area contributed by atoms with Crippen LogP contribution < -0.4 is 5.32 Å². The van der Waals surface area contributed by atoms with Crippen LogP contribution in [0.2, 0.25) is 0 Å². The van der Waals surface area contributed by atoms with Crippen LogP contribution in [0.25, 0.3) is 0 Å². The van der Waals surface area contributed by atoms with Crippen LogP contribution in [0.4, 0.5) is 0 Å². The van der Waals surface area contributed by atoms with E-state index in [1.54, 1.807) is 6.20 Å². The Morgan fingerprint density at radius 2 is 2.36 bits per heavy atom. The number of rotatable bonds is 3. The van der Waals surface area contributed by atoms with Crippen molar-refractivity contribution >= 4 is 29.8 Å². The second kappa shape index (κ2) is 7.17. The minimum Gasteiger partial charge on any atom is -0.336 e. The van der Waals surface area contributed by atoms with E-state index >= 15 is 0 Å². The third-order valence-electron chi connectivity index (χ3n) is 3.75. The molecule has 1 aliphatic rings. The average Bonchev–Trinajstić information content (AvgIpc) is 3.14. The van der Waals surface area contributed by atoms with Crippen LogP contribution in [0.15, 0.2) is 12.4 Å². The van der Waals surface area contributed by atoms with Gasteiger partial charge in [-0.1, -0.05) is 11.4 Å². The molecule has 0 aliphatic carbocycles. The first-order valence-electron chi connectivity index (χ1n) is 7.02. The fraction of sp³-hybridized carbons (Fsp3) is 0.538. The monoisotopic (exact) mass is 342 g/mol. The lowest BCUT2D eigenvalue weighted by molar-refractivity contribution is 0.0624. The molecule has 1 amide bonds. The van der Waals surface area contributed by atoms with Crippen LogP contribution in [-0.2, 0) is 13.5 Å². The zero-order valence-electron chi connectivity index (χ0n) is 12.5. The summed E-state index contributed by atoms with van der Waals surface area (Å²) in [6, 6.07) is -0.0574. The van der Waals surface area contributed by atoms with E-state index in [-0.39, 0.29) is 24.4 Å². The maximum atomic E-state index is 12.8. The number of amides is 1. The highest BCUT2D eigenvalue weighted by Crippen LogP contribution is 2.24. The minimum atomic E-state index is -0.0574. The van der Waals surface area contributed by atoms with Crippen LogP contribution in [0, 0.1) is 0 Å². The molecule has 1 saturated heterocycles. The Balaban J connectivity index is 0.00000176. The van der Waals surface area contributed by atoms with E-state index in [0.29, 0.717) is 18.0 Å². The summed E-state index contributed by atoms with van der Waals surface area (Å²) in [5.74, 6) is 0.905. The lowest BCUT2D eigenvalue weighted by Crippen LogP contribution is -2.49. The lowest BCUT2D eigenvalue weighted by atomic mass is 10.1. The van der Waals surface area contributed by atoms with Gasteiger partial charge in [0.1, 0.15) is 16.7 Å². The van der Waals surface area contributed by atoms with Crippen molar-refractivity contribution < 1.29 is 4.79 Å². The van der Waals surface area contributed by atoms with Gasteiger partial charge in [0.2, 0.25) is 0 Å². The zero-order valence-corrected chi connectivity index (χ0v) is 14.2. The second-order valence-corrected chi connectivity index (χ2v) is 5.77. The molecular formula is C13H19ClN6OS. The van der Waals surface area contributed by atoms with Crippen molar-refractivity contribution in [3.63, 3.8) is 0 Å². The van der Waals surface area contributed by atoms with Crippen molar-refractivity contribution in [1.82, 2.24) is 29.4 Å². The highest BCUT2D eigenvalue weighted by Gasteiger charge is 2.32. The van der Waals surface area contributed by atoms with Crippen LogP contribution in [0.1, 0.15) is 34.2 Å². The number of halogens is 1. The number of aryl methyl sites for hydroxylation is 2. The zero-order chi connectivity index (χ0) is 14.8. The van der Waals surface area contributed by atoms with Gasteiger partial charge in [-0.2, -0.15) is 0 Å². The van der Waals surface area contributed by atoms with Gasteiger partial charge in [0.25, 0.3) is 5.91 Å². The molecule has 1 fully saturated rings. The number of hydrogen-bond acceptors (Lipinski definition) is 6. The number of hydrogen-bond donors (Lipinski definition) is 1. The molecule has 7 nitrogen and oxygen atoms in total. The normalized spacial score (nSPS) is 18.1. The summed E-state index contributed by atoms with van der Waals surface area (Å²) < 4.78 is 5.88. The first-order chi connectivity index (χ1) is 10.2. The molecule has 120 valence electrons. The molecule has 0 aromatic carbocycles. The number of piperazine rings is 1. The number of carbonyl (C=O) groups is 1. The molecule has 2 aromatic heterocycles. The van der Waals surface area contributed by atoms with Gasteiger partial charge in [-0.3, -0.25) is 4.79 Å². The molecule has 9 heteroatoms. The highest BCUT2D eigenvalue weighted by molar-refractivity contribution is 7.08. The van der Waals surface area contributed by atoms with Gasteiger partial charge >= 0.3 is 0 Å². The van der Waals surface area contributed by atoms with Crippen molar-refractivity contribution in [2.24, 2.45) is 7.05 Å². The predicted molar refractivity (Wildman–Crippen MR) is 86.4 cm³/mol. The van der Waals surface area contributed by atoms with Crippen LogP contribution in [0.3, 0.4) is 0 Å². The molecule has 3 rings (SSSR count). The number of nitrogens with zero attached hydrogens (tertiary/aromatic N) is 5. The molecule has 1 N–H and O–H groups in total. The van der Waals surface area contributed by atoms with Crippen LogP contribution in [0.5, 0.6) is 0 Å². The van der Waals surface area contributed by atoms with Crippen LogP contribution in [-0.4, -0.2) is 49.6 Å². The van der Waals surface area contributed by atoms with Gasteiger partial charge in [-0.15, -0.1) is 17.5 Å². The molecule has 22 heavy (non-hydrogen) atoms. The quantitative estimate of drug-likeness (QED) is 0.902. The van der Waals surface area contributed by atoms with E-state index in [1.807, 2.05) is 29.6 Å². The van der Waals surface area contributed by atoms with Crippen LogP contribution >= 0.6 is 23.9 Å². The molecule has 0 bridgehead atoms. The average molecular weight is 343 g/mol. The van der Waals surface area contributed by atoms with E-state index in [1.165, 1.54) is 11.5 Å². The van der Waals surface area contributed by atoms with E-state index in [4.69, 9.17) is 0 Å². The van der Waals surface area contributed by atoms with E-state index in [9.17, 15) is 4.79 Å². The molecule has 0 spiro atoms. The molecule has 0 radical (unpaired) electrons. The van der Waals surface area contributed by atoms with Crippen molar-refractivity contribution in [3.8, 4) is 0 Å². The Labute approximate surface area is 139 Å². The largest absolute Gasteiger partial charge is 0.336 e. The van der Waals surface area contributed by atoms with Crippen molar-refractivity contribution in [3.05, 3.63) is 28.8 Å². The van der Waals surface area contributed by atoms with Gasteiger partial charge in [0.05, 0.1) is 5.69 Å². The van der Waals surface area contributed by atoms with Gasteiger partial charge < -0.3 is 14.8 Å². The molecular weight excluding hydrogens is 324 g/mol. The summed E-state index contributed by atoms with van der Waals surface area (Å²) in [6.07, 6.45) is 4.38. The molecule has 2 aromatic rings. The summed E-state index contributed by atoms with van der Waals surface area (Å²) in [5, 5.41) is 7.37. The maximum Gasteiger partial charge on any atom is 0.268 e. The highest BCUT2D eigenvalue weighted by atomic mass is 35.5. The van der Waals surface area contributed by atoms with E-state index in [0.717, 1.165) is 24.5 Å². The van der Waals surface area contributed by atoms with Gasteiger partial charge in [-0.25, -0.2) is 4.98 Å². The Morgan fingerprint density at radius 3 is 3.05 bits per heavy atom. The standard InChI is InChI=1S/C13H18N6OS.ClH/c1-3-9-11(21-17-16-9)13(20)19-7-4-14-8-10(19)12-15-5-6-18(12)2;/h5-6,10,14H,3-4,7-8H2,1-2H3;1H. The minimum absolute atomic E-state index is 0. The van der Waals surface area contributed by atoms with E-state index in [2.05, 4.69) is 19.9 Å². The number of aromatic nitrogens is 4. The Kier molecular flexibility index (Phi) is 5.49. The summed E-state index contributed by atoms with van der Waals surface area (Å²) in [7, 11) is 1.95. The summed E-state index contributed by atoms with van der Waals surface area (Å²) in [5.41, 5.74) is 0.780. The lowest BCUT2D eigenvalue weighted by Gasteiger charge is -2.35. The Morgan fingerprint density at radius 1 is 1.55 bits per heavy atom. The molecule has 1 atom stereocenters. The number of imidazole rings is 1.